The quantitative estimate of drug-likeness (QED) is 0.933. The summed E-state index contributed by atoms with van der Waals surface area (Å²) in [6.45, 7) is 2.26. The summed E-state index contributed by atoms with van der Waals surface area (Å²) >= 11 is 0. The number of nitrogens with one attached hydrogen (secondary N) is 1. The van der Waals surface area contributed by atoms with Crippen LogP contribution in [0.15, 0.2) is 18.2 Å². The fraction of sp³-hybridized carbons (Fsp3) is 0.562. The molecule has 4 nitrogen and oxygen atoms in total. The van der Waals surface area contributed by atoms with E-state index in [1.54, 1.807) is 4.90 Å². The number of nitrogens with zero attached hydrogens (tertiary/aromatic N) is 1. The number of alkyl halides is 2. The third kappa shape index (κ3) is 2.67. The van der Waals surface area contributed by atoms with Crippen LogP contribution in [-0.2, 0) is 0 Å². The molecule has 120 valence electrons. The van der Waals surface area contributed by atoms with Crippen molar-refractivity contribution < 1.29 is 18.3 Å². The van der Waals surface area contributed by atoms with E-state index in [0.717, 1.165) is 25.8 Å². The highest BCUT2D eigenvalue weighted by molar-refractivity contribution is 5.97. The maximum Gasteiger partial charge on any atom is 0.263 e. The van der Waals surface area contributed by atoms with E-state index in [4.69, 9.17) is 4.74 Å². The van der Waals surface area contributed by atoms with E-state index in [9.17, 15) is 13.6 Å². The number of hydrogen-bond acceptors (Lipinski definition) is 3. The molecule has 22 heavy (non-hydrogen) atoms. The van der Waals surface area contributed by atoms with Crippen LogP contribution in [0.1, 0.15) is 41.6 Å². The molecule has 0 bridgehead atoms. The van der Waals surface area contributed by atoms with Crippen LogP contribution in [-0.4, -0.2) is 43.1 Å². The van der Waals surface area contributed by atoms with Gasteiger partial charge in [0.15, 0.2) is 0 Å². The van der Waals surface area contributed by atoms with Gasteiger partial charge in [-0.05, 0) is 44.0 Å². The Kier molecular flexibility index (Phi) is 4.04. The number of carbonyl (C=O) groups excluding carboxylic acids is 1. The van der Waals surface area contributed by atoms with Crippen molar-refractivity contribution in [2.24, 2.45) is 0 Å². The molecule has 3 rings (SSSR count). The predicted octanol–water partition coefficient (Wildman–Crippen LogP) is 2.60. The minimum atomic E-state index is -2.60. The van der Waals surface area contributed by atoms with E-state index in [1.165, 1.54) is 25.3 Å². The first-order valence-electron chi connectivity index (χ1n) is 7.55. The van der Waals surface area contributed by atoms with Gasteiger partial charge in [0.2, 0.25) is 0 Å². The van der Waals surface area contributed by atoms with Crippen molar-refractivity contribution in [3.8, 4) is 5.75 Å². The molecular formula is C16H20F2N2O2. The Labute approximate surface area is 128 Å². The predicted molar refractivity (Wildman–Crippen MR) is 78.4 cm³/mol. The fourth-order valence-electron chi connectivity index (χ4n) is 3.46. The summed E-state index contributed by atoms with van der Waals surface area (Å²) < 4.78 is 30.9. The van der Waals surface area contributed by atoms with Gasteiger partial charge in [0.25, 0.3) is 12.3 Å². The lowest BCUT2D eigenvalue weighted by molar-refractivity contribution is 0.0778. The van der Waals surface area contributed by atoms with Gasteiger partial charge in [0.1, 0.15) is 5.75 Å². The minimum absolute atomic E-state index is 0.0171. The van der Waals surface area contributed by atoms with Crippen molar-refractivity contribution in [2.45, 2.75) is 31.2 Å². The van der Waals surface area contributed by atoms with Crippen molar-refractivity contribution in [2.75, 3.05) is 26.7 Å². The molecule has 2 heterocycles. The first kappa shape index (κ1) is 15.2. The van der Waals surface area contributed by atoms with Gasteiger partial charge in [0.05, 0.1) is 12.7 Å². The van der Waals surface area contributed by atoms with Crippen molar-refractivity contribution in [3.05, 3.63) is 29.3 Å². The summed E-state index contributed by atoms with van der Waals surface area (Å²) in [5, 5.41) is 3.48. The maximum absolute atomic E-state index is 12.9. The second-order valence-electron chi connectivity index (χ2n) is 6.05. The second-order valence-corrected chi connectivity index (χ2v) is 6.05. The lowest BCUT2D eigenvalue weighted by atomic mass is 9.97. The zero-order chi connectivity index (χ0) is 15.7. The Morgan fingerprint density at radius 1 is 1.41 bits per heavy atom. The Hall–Kier alpha value is -1.69. The number of likely N-dealkylation sites (tertiary alicyclic amines) is 1. The first-order chi connectivity index (χ1) is 10.5. The molecule has 2 aliphatic rings. The molecule has 0 radical (unpaired) electrons. The van der Waals surface area contributed by atoms with Crippen LogP contribution in [0, 0.1) is 0 Å². The second kappa shape index (κ2) is 5.83. The lowest BCUT2D eigenvalue weighted by Gasteiger charge is -2.24. The van der Waals surface area contributed by atoms with Gasteiger partial charge < -0.3 is 15.0 Å². The number of methoxy groups -OCH3 is 1. The van der Waals surface area contributed by atoms with E-state index >= 15 is 0 Å². The summed E-state index contributed by atoms with van der Waals surface area (Å²) in [6, 6.07) is 3.98. The molecule has 1 N–H and O–H groups in total. The largest absolute Gasteiger partial charge is 0.496 e. The standard InChI is InChI=1S/C16H20F2N2O2/c1-22-13-4-3-11(14(17)18)9-12(13)15(21)20-8-6-16(10-20)5-2-7-19-16/h3-4,9,14,19H,2,5-8,10H2,1H3. The molecule has 1 amide bonds. The number of amides is 1. The minimum Gasteiger partial charge on any atom is -0.496 e. The zero-order valence-electron chi connectivity index (χ0n) is 12.6. The summed E-state index contributed by atoms with van der Waals surface area (Å²) in [5.41, 5.74) is 0.0795. The third-order valence-electron chi connectivity index (χ3n) is 4.68. The number of hydrogen-bond donors (Lipinski definition) is 1. The normalized spacial score (nSPS) is 24.5. The van der Waals surface area contributed by atoms with Gasteiger partial charge in [-0.1, -0.05) is 0 Å². The molecule has 1 atom stereocenters. The Bertz CT molecular complexity index is 571. The van der Waals surface area contributed by atoms with Crippen LogP contribution in [0.2, 0.25) is 0 Å². The van der Waals surface area contributed by atoms with Gasteiger partial charge in [-0.25, -0.2) is 8.78 Å². The molecule has 2 fully saturated rings. The molecule has 0 saturated carbocycles. The molecule has 1 unspecified atom stereocenters. The van der Waals surface area contributed by atoms with Crippen molar-refractivity contribution in [3.63, 3.8) is 0 Å². The van der Waals surface area contributed by atoms with Gasteiger partial charge in [-0.15, -0.1) is 0 Å². The third-order valence-corrected chi connectivity index (χ3v) is 4.68. The molecule has 1 aromatic rings. The number of benzene rings is 1. The fourth-order valence-corrected chi connectivity index (χ4v) is 3.46. The zero-order valence-corrected chi connectivity index (χ0v) is 12.6. The van der Waals surface area contributed by atoms with Crippen molar-refractivity contribution in [1.29, 1.82) is 0 Å². The highest BCUT2D eigenvalue weighted by atomic mass is 19.3. The summed E-state index contributed by atoms with van der Waals surface area (Å²) in [7, 11) is 1.44. The number of ether oxygens (including phenoxy) is 1. The van der Waals surface area contributed by atoms with E-state index in [0.29, 0.717) is 18.8 Å². The SMILES string of the molecule is COc1ccc(C(F)F)cc1C(=O)N1CCC2(CCCN2)C1. The molecule has 0 aromatic heterocycles. The molecule has 1 spiro atoms. The van der Waals surface area contributed by atoms with Crippen LogP contribution >= 0.6 is 0 Å². The van der Waals surface area contributed by atoms with Gasteiger partial charge in [-0.2, -0.15) is 0 Å². The molecule has 2 aliphatic heterocycles. The smallest absolute Gasteiger partial charge is 0.263 e. The number of halogens is 2. The van der Waals surface area contributed by atoms with E-state index in [1.807, 2.05) is 0 Å². The monoisotopic (exact) mass is 310 g/mol. The van der Waals surface area contributed by atoms with E-state index < -0.39 is 6.43 Å². The van der Waals surface area contributed by atoms with Gasteiger partial charge >= 0.3 is 0 Å². The van der Waals surface area contributed by atoms with Crippen LogP contribution < -0.4 is 10.1 Å². The molecule has 1 aromatic carbocycles. The molecule has 6 heteroatoms. The van der Waals surface area contributed by atoms with Crippen LogP contribution in [0.4, 0.5) is 8.78 Å². The Balaban J connectivity index is 1.84. The first-order valence-corrected chi connectivity index (χ1v) is 7.55. The van der Waals surface area contributed by atoms with Gasteiger partial charge in [0, 0.05) is 24.2 Å². The molecule has 0 aliphatic carbocycles. The summed E-state index contributed by atoms with van der Waals surface area (Å²) in [4.78, 5) is 14.5. The average molecular weight is 310 g/mol. The Morgan fingerprint density at radius 3 is 2.86 bits per heavy atom. The maximum atomic E-state index is 12.9. The van der Waals surface area contributed by atoms with E-state index in [2.05, 4.69) is 5.32 Å². The highest BCUT2D eigenvalue weighted by Gasteiger charge is 2.42. The number of rotatable bonds is 3. The highest BCUT2D eigenvalue weighted by Crippen LogP contribution is 2.33. The Morgan fingerprint density at radius 2 is 2.23 bits per heavy atom. The summed E-state index contributed by atoms with van der Waals surface area (Å²) in [5.74, 6) is 0.111. The molecule has 2 saturated heterocycles. The van der Waals surface area contributed by atoms with E-state index in [-0.39, 0.29) is 22.6 Å². The van der Waals surface area contributed by atoms with Gasteiger partial charge in [-0.3, -0.25) is 4.79 Å². The average Bonchev–Trinajstić information content (AvgIpc) is 3.16. The van der Waals surface area contributed by atoms with Crippen molar-refractivity contribution >= 4 is 5.91 Å². The summed E-state index contributed by atoms with van der Waals surface area (Å²) in [6.07, 6.45) is 0.492. The topological polar surface area (TPSA) is 41.6 Å². The molecular weight excluding hydrogens is 290 g/mol. The van der Waals surface area contributed by atoms with Crippen molar-refractivity contribution in [1.82, 2.24) is 10.2 Å². The van der Waals surface area contributed by atoms with Crippen LogP contribution in [0.3, 0.4) is 0 Å². The lowest BCUT2D eigenvalue weighted by Crippen LogP contribution is -2.43. The van der Waals surface area contributed by atoms with Crippen LogP contribution in [0.25, 0.3) is 0 Å². The number of carbonyl (C=O) groups is 1. The van der Waals surface area contributed by atoms with Crippen LogP contribution in [0.5, 0.6) is 5.75 Å².